The molecular weight excluding hydrogens is 212 g/mol. The zero-order valence-electron chi connectivity index (χ0n) is 11.8. The van der Waals surface area contributed by atoms with E-state index in [0.717, 1.165) is 25.4 Å². The summed E-state index contributed by atoms with van der Waals surface area (Å²) in [6, 6.07) is 0.391. The van der Waals surface area contributed by atoms with E-state index in [1.165, 1.54) is 12.8 Å². The van der Waals surface area contributed by atoms with Crippen LogP contribution in [0.4, 0.5) is 0 Å². The van der Waals surface area contributed by atoms with Crippen molar-refractivity contribution in [2.75, 3.05) is 13.1 Å². The fourth-order valence-electron chi connectivity index (χ4n) is 2.66. The molecule has 17 heavy (non-hydrogen) atoms. The Morgan fingerprint density at radius 1 is 1.35 bits per heavy atom. The molecule has 0 aromatic carbocycles. The topological polar surface area (TPSA) is 41.1 Å². The summed E-state index contributed by atoms with van der Waals surface area (Å²) in [4.78, 5) is 12.0. The molecule has 0 aromatic rings. The largest absolute Gasteiger partial charge is 0.353 e. The molecule has 0 spiro atoms. The van der Waals surface area contributed by atoms with E-state index >= 15 is 0 Å². The Morgan fingerprint density at radius 3 is 2.65 bits per heavy atom. The highest BCUT2D eigenvalue weighted by Gasteiger charge is 2.27. The third-order valence-corrected chi connectivity index (χ3v) is 3.91. The highest BCUT2D eigenvalue weighted by atomic mass is 16.1. The molecule has 1 aliphatic carbocycles. The molecule has 1 amide bonds. The van der Waals surface area contributed by atoms with Gasteiger partial charge in [0.1, 0.15) is 0 Å². The molecule has 3 nitrogen and oxygen atoms in total. The molecular formula is C14H28N2O. The van der Waals surface area contributed by atoms with Crippen LogP contribution in [0.2, 0.25) is 0 Å². The number of hydrogen-bond donors (Lipinski definition) is 2. The molecule has 0 saturated heterocycles. The maximum absolute atomic E-state index is 12.0. The quantitative estimate of drug-likeness (QED) is 0.773. The Kier molecular flexibility index (Phi) is 5.96. The van der Waals surface area contributed by atoms with Crippen molar-refractivity contribution in [3.8, 4) is 0 Å². The second-order valence-electron chi connectivity index (χ2n) is 5.72. The van der Waals surface area contributed by atoms with E-state index in [1.807, 2.05) is 6.92 Å². The third-order valence-electron chi connectivity index (χ3n) is 3.91. The van der Waals surface area contributed by atoms with Crippen LogP contribution < -0.4 is 10.6 Å². The van der Waals surface area contributed by atoms with Crippen molar-refractivity contribution in [1.29, 1.82) is 0 Å². The summed E-state index contributed by atoms with van der Waals surface area (Å²) in [5, 5.41) is 6.44. The maximum atomic E-state index is 12.0. The molecule has 3 heteroatoms. The number of nitrogens with one attached hydrogen (secondary N) is 2. The lowest BCUT2D eigenvalue weighted by atomic mass is 9.80. The van der Waals surface area contributed by atoms with Gasteiger partial charge in [-0.1, -0.05) is 27.7 Å². The zero-order valence-corrected chi connectivity index (χ0v) is 11.8. The molecule has 4 atom stereocenters. The summed E-state index contributed by atoms with van der Waals surface area (Å²) in [5.74, 6) is 1.71. The predicted octanol–water partition coefficient (Wildman–Crippen LogP) is 2.17. The Balaban J connectivity index is 2.34. The minimum Gasteiger partial charge on any atom is -0.353 e. The number of amides is 1. The molecule has 2 N–H and O–H groups in total. The molecule has 1 aliphatic rings. The van der Waals surface area contributed by atoms with Gasteiger partial charge in [0.2, 0.25) is 5.91 Å². The van der Waals surface area contributed by atoms with Gasteiger partial charge in [0.25, 0.3) is 0 Å². The van der Waals surface area contributed by atoms with Crippen molar-refractivity contribution in [2.45, 2.75) is 53.0 Å². The molecule has 1 rings (SSSR count). The van der Waals surface area contributed by atoms with Gasteiger partial charge in [-0.15, -0.1) is 0 Å². The van der Waals surface area contributed by atoms with Crippen molar-refractivity contribution >= 4 is 5.91 Å². The highest BCUT2D eigenvalue weighted by molar-refractivity contribution is 5.78. The van der Waals surface area contributed by atoms with Crippen LogP contribution in [0.25, 0.3) is 0 Å². The molecule has 0 aliphatic heterocycles. The molecule has 0 radical (unpaired) electrons. The van der Waals surface area contributed by atoms with Gasteiger partial charge < -0.3 is 10.6 Å². The van der Waals surface area contributed by atoms with Crippen LogP contribution in [0.15, 0.2) is 0 Å². The Labute approximate surface area is 106 Å². The van der Waals surface area contributed by atoms with Crippen LogP contribution in [0.1, 0.15) is 47.0 Å². The van der Waals surface area contributed by atoms with E-state index in [-0.39, 0.29) is 11.8 Å². The Morgan fingerprint density at radius 2 is 2.06 bits per heavy atom. The molecule has 1 saturated carbocycles. The van der Waals surface area contributed by atoms with E-state index in [2.05, 4.69) is 31.4 Å². The summed E-state index contributed by atoms with van der Waals surface area (Å²) in [6.07, 6.45) is 3.63. The average molecular weight is 240 g/mol. The van der Waals surface area contributed by atoms with Crippen molar-refractivity contribution in [2.24, 2.45) is 17.8 Å². The van der Waals surface area contributed by atoms with Gasteiger partial charge in [-0.05, 0) is 37.6 Å². The number of hydrogen-bond acceptors (Lipinski definition) is 2. The van der Waals surface area contributed by atoms with Crippen molar-refractivity contribution in [1.82, 2.24) is 10.6 Å². The molecule has 0 heterocycles. The lowest BCUT2D eigenvalue weighted by molar-refractivity contribution is -0.125. The fraction of sp³-hybridized carbons (Fsp3) is 0.929. The predicted molar refractivity (Wildman–Crippen MR) is 71.8 cm³/mol. The SMILES string of the molecule is CCNCC(C)C(=O)NC1CCC(C)CC1C. The first-order chi connectivity index (χ1) is 8.04. The van der Waals surface area contributed by atoms with Crippen LogP contribution in [0.5, 0.6) is 0 Å². The first kappa shape index (κ1) is 14.5. The summed E-state index contributed by atoms with van der Waals surface area (Å²) >= 11 is 0. The van der Waals surface area contributed by atoms with E-state index in [1.54, 1.807) is 0 Å². The van der Waals surface area contributed by atoms with Crippen LogP contribution in [0, 0.1) is 17.8 Å². The zero-order chi connectivity index (χ0) is 12.8. The first-order valence-electron chi connectivity index (χ1n) is 7.05. The van der Waals surface area contributed by atoms with E-state index in [9.17, 15) is 4.79 Å². The normalized spacial score (nSPS) is 30.9. The monoisotopic (exact) mass is 240 g/mol. The molecule has 4 unspecified atom stereocenters. The summed E-state index contributed by atoms with van der Waals surface area (Å²) in [5.41, 5.74) is 0. The van der Waals surface area contributed by atoms with Gasteiger partial charge >= 0.3 is 0 Å². The summed E-state index contributed by atoms with van der Waals surface area (Å²) in [7, 11) is 0. The Bertz CT molecular complexity index is 242. The van der Waals surface area contributed by atoms with Gasteiger partial charge in [-0.3, -0.25) is 4.79 Å². The van der Waals surface area contributed by atoms with E-state index in [4.69, 9.17) is 0 Å². The lowest BCUT2D eigenvalue weighted by Crippen LogP contribution is -2.46. The van der Waals surface area contributed by atoms with E-state index < -0.39 is 0 Å². The van der Waals surface area contributed by atoms with Gasteiger partial charge in [0, 0.05) is 18.5 Å². The van der Waals surface area contributed by atoms with Gasteiger partial charge in [0.15, 0.2) is 0 Å². The second kappa shape index (κ2) is 7.00. The number of carbonyl (C=O) groups is 1. The molecule has 100 valence electrons. The number of rotatable bonds is 5. The number of carbonyl (C=O) groups excluding carboxylic acids is 1. The minimum absolute atomic E-state index is 0.0708. The van der Waals surface area contributed by atoms with Crippen molar-refractivity contribution < 1.29 is 4.79 Å². The van der Waals surface area contributed by atoms with Gasteiger partial charge in [-0.25, -0.2) is 0 Å². The smallest absolute Gasteiger partial charge is 0.224 e. The minimum atomic E-state index is 0.0708. The van der Waals surface area contributed by atoms with E-state index in [0.29, 0.717) is 12.0 Å². The lowest BCUT2D eigenvalue weighted by Gasteiger charge is -2.33. The summed E-state index contributed by atoms with van der Waals surface area (Å²) in [6.45, 7) is 10.3. The highest BCUT2D eigenvalue weighted by Crippen LogP contribution is 2.28. The summed E-state index contributed by atoms with van der Waals surface area (Å²) < 4.78 is 0. The van der Waals surface area contributed by atoms with Gasteiger partial charge in [0.05, 0.1) is 0 Å². The van der Waals surface area contributed by atoms with Gasteiger partial charge in [-0.2, -0.15) is 0 Å². The van der Waals surface area contributed by atoms with Crippen molar-refractivity contribution in [3.05, 3.63) is 0 Å². The maximum Gasteiger partial charge on any atom is 0.224 e. The molecule has 0 bridgehead atoms. The molecule has 1 fully saturated rings. The first-order valence-corrected chi connectivity index (χ1v) is 7.05. The van der Waals surface area contributed by atoms with Crippen LogP contribution >= 0.6 is 0 Å². The second-order valence-corrected chi connectivity index (χ2v) is 5.72. The average Bonchev–Trinajstić information content (AvgIpc) is 2.29. The Hall–Kier alpha value is -0.570. The fourth-order valence-corrected chi connectivity index (χ4v) is 2.66. The van der Waals surface area contributed by atoms with Crippen molar-refractivity contribution in [3.63, 3.8) is 0 Å². The standard InChI is InChI=1S/C14H28N2O/c1-5-15-9-12(4)14(17)16-13-7-6-10(2)8-11(13)3/h10-13,15H,5-9H2,1-4H3,(H,16,17). The molecule has 0 aromatic heterocycles. The third kappa shape index (κ3) is 4.66. The van der Waals surface area contributed by atoms with Crippen LogP contribution in [-0.4, -0.2) is 25.0 Å². The van der Waals surface area contributed by atoms with Crippen LogP contribution in [0.3, 0.4) is 0 Å². The van der Waals surface area contributed by atoms with Crippen LogP contribution in [-0.2, 0) is 4.79 Å².